The summed E-state index contributed by atoms with van der Waals surface area (Å²) in [5.74, 6) is 0.492. The second-order valence-electron chi connectivity index (χ2n) is 5.80. The molecule has 1 saturated carbocycles. The van der Waals surface area contributed by atoms with Gasteiger partial charge in [-0.15, -0.1) is 0 Å². The lowest BCUT2D eigenvalue weighted by Gasteiger charge is -2.29. The van der Waals surface area contributed by atoms with Gasteiger partial charge in [0, 0.05) is 17.8 Å². The number of carbonyl (C=O) groups is 1. The summed E-state index contributed by atoms with van der Waals surface area (Å²) in [5, 5.41) is 4.08. The van der Waals surface area contributed by atoms with Crippen LogP contribution in [0.1, 0.15) is 47.0 Å². The highest BCUT2D eigenvalue weighted by Gasteiger charge is 2.50. The molecule has 16 heavy (non-hydrogen) atoms. The van der Waals surface area contributed by atoms with E-state index in [1.807, 2.05) is 0 Å². The van der Waals surface area contributed by atoms with Crippen molar-refractivity contribution in [3.05, 3.63) is 0 Å². The molecule has 94 valence electrons. The van der Waals surface area contributed by atoms with E-state index in [-0.39, 0.29) is 22.7 Å². The summed E-state index contributed by atoms with van der Waals surface area (Å²) in [6.07, 6.45) is 3.24. The van der Waals surface area contributed by atoms with Gasteiger partial charge in [-0.3, -0.25) is 4.79 Å². The molecule has 1 unspecified atom stereocenters. The van der Waals surface area contributed by atoms with Crippen LogP contribution in [0.2, 0.25) is 0 Å². The first kappa shape index (κ1) is 14.0. The Labute approximate surface area is 108 Å². The Balaban J connectivity index is 2.41. The number of rotatable bonds is 6. The van der Waals surface area contributed by atoms with Crippen LogP contribution < -0.4 is 5.32 Å². The molecule has 0 aromatic heterocycles. The van der Waals surface area contributed by atoms with Gasteiger partial charge in [-0.05, 0) is 30.1 Å². The minimum Gasteiger partial charge on any atom is -0.355 e. The fourth-order valence-electron chi connectivity index (χ4n) is 2.05. The van der Waals surface area contributed by atoms with Crippen molar-refractivity contribution in [1.29, 1.82) is 0 Å². The molecular weight excluding hydrogens is 266 g/mol. The van der Waals surface area contributed by atoms with Gasteiger partial charge >= 0.3 is 0 Å². The highest BCUT2D eigenvalue weighted by atomic mass is 79.9. The Morgan fingerprint density at radius 2 is 1.94 bits per heavy atom. The van der Waals surface area contributed by atoms with E-state index in [4.69, 9.17) is 0 Å². The van der Waals surface area contributed by atoms with Gasteiger partial charge in [0.05, 0.1) is 0 Å². The third-order valence-electron chi connectivity index (χ3n) is 4.25. The summed E-state index contributed by atoms with van der Waals surface area (Å²) in [6.45, 7) is 9.51. The van der Waals surface area contributed by atoms with Crippen molar-refractivity contribution < 1.29 is 4.79 Å². The summed E-state index contributed by atoms with van der Waals surface area (Å²) >= 11 is 3.57. The zero-order chi connectivity index (χ0) is 12.4. The van der Waals surface area contributed by atoms with Crippen LogP contribution in [0.25, 0.3) is 0 Å². The van der Waals surface area contributed by atoms with Gasteiger partial charge in [0.2, 0.25) is 5.91 Å². The van der Waals surface area contributed by atoms with Crippen LogP contribution in [-0.2, 0) is 4.79 Å². The van der Waals surface area contributed by atoms with Gasteiger partial charge in [0.1, 0.15) is 0 Å². The maximum Gasteiger partial charge on any atom is 0.223 e. The number of hydrogen-bond donors (Lipinski definition) is 1. The molecule has 1 atom stereocenters. The molecule has 3 heteroatoms. The summed E-state index contributed by atoms with van der Waals surface area (Å²) in [4.78, 5) is 11.9. The van der Waals surface area contributed by atoms with Crippen LogP contribution in [0, 0.1) is 16.7 Å². The highest BCUT2D eigenvalue weighted by molar-refractivity contribution is 9.09. The first-order valence-corrected chi connectivity index (χ1v) is 7.36. The van der Waals surface area contributed by atoms with E-state index in [0.717, 1.165) is 31.1 Å². The van der Waals surface area contributed by atoms with E-state index in [1.165, 1.54) is 0 Å². The van der Waals surface area contributed by atoms with Crippen molar-refractivity contribution in [2.24, 2.45) is 16.7 Å². The molecule has 0 bridgehead atoms. The largest absolute Gasteiger partial charge is 0.355 e. The number of alkyl halides is 1. The van der Waals surface area contributed by atoms with Crippen molar-refractivity contribution in [3.8, 4) is 0 Å². The molecule has 0 heterocycles. The molecule has 2 nitrogen and oxygen atoms in total. The monoisotopic (exact) mass is 289 g/mol. The Bertz CT molecular complexity index is 250. The lowest BCUT2D eigenvalue weighted by Crippen LogP contribution is -2.39. The second-order valence-corrected chi connectivity index (χ2v) is 6.36. The number of hydrogen-bond acceptors (Lipinski definition) is 1. The van der Waals surface area contributed by atoms with Gasteiger partial charge in [-0.2, -0.15) is 0 Å². The summed E-state index contributed by atoms with van der Waals surface area (Å²) < 4.78 is 0. The number of amides is 1. The second kappa shape index (κ2) is 5.07. The van der Waals surface area contributed by atoms with Gasteiger partial charge in [-0.1, -0.05) is 43.6 Å². The van der Waals surface area contributed by atoms with E-state index in [2.05, 4.69) is 48.9 Å². The van der Waals surface area contributed by atoms with Gasteiger partial charge in [-0.25, -0.2) is 0 Å². The zero-order valence-corrected chi connectivity index (χ0v) is 12.5. The fraction of sp³-hybridized carbons (Fsp3) is 0.923. The summed E-state index contributed by atoms with van der Waals surface area (Å²) in [7, 11) is 0. The molecule has 1 N–H and O–H groups in total. The maximum atomic E-state index is 11.9. The van der Waals surface area contributed by atoms with Crippen LogP contribution in [0.3, 0.4) is 0 Å². The van der Waals surface area contributed by atoms with Crippen molar-refractivity contribution in [1.82, 2.24) is 5.32 Å². The fourth-order valence-corrected chi connectivity index (χ4v) is 3.04. The molecule has 0 spiro atoms. The molecule has 0 radical (unpaired) electrons. The van der Waals surface area contributed by atoms with E-state index < -0.39 is 0 Å². The molecule has 0 saturated heterocycles. The van der Waals surface area contributed by atoms with Gasteiger partial charge in [0.15, 0.2) is 0 Å². The lowest BCUT2D eigenvalue weighted by molar-refractivity contribution is -0.123. The van der Waals surface area contributed by atoms with Crippen molar-refractivity contribution in [2.45, 2.75) is 47.0 Å². The number of nitrogens with one attached hydrogen (secondary N) is 1. The SMILES string of the molecule is CCC(CC)(CBr)CNC(=O)C1CC1(C)C. The smallest absolute Gasteiger partial charge is 0.223 e. The first-order chi connectivity index (χ1) is 7.40. The topological polar surface area (TPSA) is 29.1 Å². The molecular formula is C13H24BrNO. The van der Waals surface area contributed by atoms with Crippen LogP contribution in [0.15, 0.2) is 0 Å². The van der Waals surface area contributed by atoms with Crippen LogP contribution >= 0.6 is 15.9 Å². The third-order valence-corrected chi connectivity index (χ3v) is 5.44. The maximum absolute atomic E-state index is 11.9. The van der Waals surface area contributed by atoms with E-state index >= 15 is 0 Å². The minimum atomic E-state index is 0.231. The predicted molar refractivity (Wildman–Crippen MR) is 71.7 cm³/mol. The average molecular weight is 290 g/mol. The number of halogens is 1. The molecule has 0 aromatic carbocycles. The first-order valence-electron chi connectivity index (χ1n) is 6.24. The molecule has 1 rings (SSSR count). The molecule has 1 aliphatic carbocycles. The molecule has 1 fully saturated rings. The molecule has 0 aliphatic heterocycles. The van der Waals surface area contributed by atoms with Gasteiger partial charge < -0.3 is 5.32 Å². The highest BCUT2D eigenvalue weighted by Crippen LogP contribution is 2.51. The minimum absolute atomic E-state index is 0.231. The summed E-state index contributed by atoms with van der Waals surface area (Å²) in [5.41, 5.74) is 0.467. The van der Waals surface area contributed by atoms with E-state index in [1.54, 1.807) is 0 Å². The molecule has 0 aromatic rings. The normalized spacial score (nSPS) is 22.9. The summed E-state index contributed by atoms with van der Waals surface area (Å²) in [6, 6.07) is 0. The van der Waals surface area contributed by atoms with Gasteiger partial charge in [0.25, 0.3) is 0 Å². The van der Waals surface area contributed by atoms with Crippen LogP contribution in [0.5, 0.6) is 0 Å². The Kier molecular flexibility index (Phi) is 4.44. The van der Waals surface area contributed by atoms with Crippen LogP contribution in [-0.4, -0.2) is 17.8 Å². The van der Waals surface area contributed by atoms with Crippen molar-refractivity contribution in [2.75, 3.05) is 11.9 Å². The Morgan fingerprint density at radius 3 is 2.25 bits per heavy atom. The van der Waals surface area contributed by atoms with E-state index in [0.29, 0.717) is 0 Å². The van der Waals surface area contributed by atoms with Crippen molar-refractivity contribution in [3.63, 3.8) is 0 Å². The van der Waals surface area contributed by atoms with Crippen LogP contribution in [0.4, 0.5) is 0 Å². The zero-order valence-electron chi connectivity index (χ0n) is 10.9. The quantitative estimate of drug-likeness (QED) is 0.747. The Morgan fingerprint density at radius 1 is 1.44 bits per heavy atom. The Hall–Kier alpha value is -0.0500. The lowest BCUT2D eigenvalue weighted by atomic mass is 9.84. The third kappa shape index (κ3) is 2.99. The van der Waals surface area contributed by atoms with Crippen molar-refractivity contribution >= 4 is 21.8 Å². The molecule has 1 aliphatic rings. The molecule has 1 amide bonds. The average Bonchev–Trinajstić information content (AvgIpc) is 2.90. The standard InChI is InChI=1S/C13H24BrNO/c1-5-13(6-2,8-14)9-15-11(16)10-7-12(10,3)4/h10H,5-9H2,1-4H3,(H,15,16). The van der Waals surface area contributed by atoms with E-state index in [9.17, 15) is 4.79 Å². The number of carbonyl (C=O) groups excluding carboxylic acids is 1. The predicted octanol–water partition coefficient (Wildman–Crippen LogP) is 3.35.